The number of fused-ring (bicyclic) bond motifs is 3. The highest BCUT2D eigenvalue weighted by atomic mass is 32.3. The van der Waals surface area contributed by atoms with E-state index in [0.717, 1.165) is 49.6 Å². The van der Waals surface area contributed by atoms with Crippen molar-refractivity contribution in [3.63, 3.8) is 0 Å². The number of nitrogens with one attached hydrogen (secondary N) is 1. The predicted octanol–water partition coefficient (Wildman–Crippen LogP) is 1.21. The molecule has 4 heterocycles. The maximum atomic E-state index is 12.8. The molecule has 4 fully saturated rings. The highest BCUT2D eigenvalue weighted by Crippen LogP contribution is 2.61. The molecule has 1 aromatic heterocycles. The van der Waals surface area contributed by atoms with E-state index in [1.54, 1.807) is 4.90 Å². The summed E-state index contributed by atoms with van der Waals surface area (Å²) in [6.07, 6.45) is 4.44. The van der Waals surface area contributed by atoms with Crippen molar-refractivity contribution >= 4 is 16.4 Å². The van der Waals surface area contributed by atoms with Gasteiger partial charge in [-0.2, -0.15) is 13.5 Å². The number of hydrogen-bond acceptors (Lipinski definition) is 7. The Labute approximate surface area is 156 Å². The first-order valence-corrected chi connectivity index (χ1v) is 10.7. The van der Waals surface area contributed by atoms with Gasteiger partial charge in [-0.15, -0.1) is 4.28 Å². The smallest absolute Gasteiger partial charge is 0.361 e. The molecule has 27 heavy (non-hydrogen) atoms. The van der Waals surface area contributed by atoms with Crippen molar-refractivity contribution in [3.05, 3.63) is 17.5 Å². The lowest BCUT2D eigenvalue weighted by Gasteiger charge is -2.35. The number of amides is 2. The zero-order valence-electron chi connectivity index (χ0n) is 14.7. The van der Waals surface area contributed by atoms with E-state index in [-0.39, 0.29) is 17.5 Å². The summed E-state index contributed by atoms with van der Waals surface area (Å²) in [4.78, 5) is 14.3. The van der Waals surface area contributed by atoms with Gasteiger partial charge in [0.1, 0.15) is 11.5 Å². The summed E-state index contributed by atoms with van der Waals surface area (Å²) in [6, 6.07) is 0.735. The Morgan fingerprint density at radius 1 is 1.33 bits per heavy atom. The summed E-state index contributed by atoms with van der Waals surface area (Å²) in [5.74, 6) is 1.17. The van der Waals surface area contributed by atoms with Gasteiger partial charge < -0.3 is 14.7 Å². The lowest BCUT2D eigenvalue weighted by atomic mass is 9.84. The first-order chi connectivity index (χ1) is 12.9. The molecule has 2 atom stereocenters. The zero-order valence-corrected chi connectivity index (χ0v) is 15.5. The number of hydroxylamine groups is 2. The standard InChI is InChI=1S/C16H22N4O6S/c21-15-19-9-14(20(15)26-27(22,23)24)16(3-4-16)8-12(19)11-7-13(25-18-11)10-1-5-17-6-2-10/h7,10,12,14,17H,1-6,8-9H2,(H,22,23,24)/t12-,14-/m0/s1. The molecule has 5 rings (SSSR count). The van der Waals surface area contributed by atoms with E-state index in [1.165, 1.54) is 0 Å². The third-order valence-corrected chi connectivity index (χ3v) is 6.82. The van der Waals surface area contributed by atoms with Crippen LogP contribution in [0.4, 0.5) is 4.79 Å². The van der Waals surface area contributed by atoms with Crippen LogP contribution in [0.5, 0.6) is 0 Å². The third-order valence-electron chi connectivity index (χ3n) is 6.47. The molecule has 0 aromatic carbocycles. The number of carbonyl (C=O) groups is 1. The number of hydrogen-bond donors (Lipinski definition) is 2. The van der Waals surface area contributed by atoms with E-state index in [0.29, 0.717) is 24.6 Å². The average molecular weight is 398 g/mol. The summed E-state index contributed by atoms with van der Waals surface area (Å²) in [5.41, 5.74) is 0.515. The molecule has 0 unspecified atom stereocenters. The maximum Gasteiger partial charge on any atom is 0.418 e. The Hall–Kier alpha value is -1.69. The van der Waals surface area contributed by atoms with Gasteiger partial charge in [-0.3, -0.25) is 4.55 Å². The Morgan fingerprint density at radius 2 is 2.07 bits per heavy atom. The molecule has 4 aliphatic rings. The SMILES string of the molecule is O=C1N2C[C@H](N1OS(=O)(=O)O)C1(CC1)C[C@H]2c1cc(C2CCNCC2)on1. The lowest BCUT2D eigenvalue weighted by molar-refractivity contribution is -0.0527. The van der Waals surface area contributed by atoms with Crippen molar-refractivity contribution in [2.75, 3.05) is 19.6 Å². The van der Waals surface area contributed by atoms with Crippen LogP contribution in [0.15, 0.2) is 10.6 Å². The Bertz CT molecular complexity index is 860. The van der Waals surface area contributed by atoms with E-state index in [9.17, 15) is 13.2 Å². The van der Waals surface area contributed by atoms with Crippen molar-refractivity contribution in [2.45, 2.75) is 50.1 Å². The Balaban J connectivity index is 1.42. The van der Waals surface area contributed by atoms with Crippen molar-refractivity contribution < 1.29 is 26.6 Å². The molecule has 2 N–H and O–H groups in total. The minimum atomic E-state index is -4.76. The van der Waals surface area contributed by atoms with Gasteiger partial charge in [-0.25, -0.2) is 4.79 Å². The number of aromatic nitrogens is 1. The molecule has 1 aliphatic carbocycles. The zero-order chi connectivity index (χ0) is 18.8. The molecule has 3 aliphatic heterocycles. The van der Waals surface area contributed by atoms with Crippen molar-refractivity contribution in [1.29, 1.82) is 0 Å². The van der Waals surface area contributed by atoms with Gasteiger partial charge in [0.25, 0.3) is 0 Å². The molecule has 2 amide bonds. The molecule has 11 heteroatoms. The van der Waals surface area contributed by atoms with Gasteiger partial charge >= 0.3 is 16.4 Å². The molecule has 1 saturated carbocycles. The fraction of sp³-hybridized carbons (Fsp3) is 0.750. The highest BCUT2D eigenvalue weighted by molar-refractivity contribution is 7.80. The van der Waals surface area contributed by atoms with E-state index >= 15 is 0 Å². The monoisotopic (exact) mass is 398 g/mol. The van der Waals surface area contributed by atoms with Crippen LogP contribution in [-0.2, 0) is 14.7 Å². The molecule has 1 aromatic rings. The second-order valence-electron chi connectivity index (χ2n) is 8.04. The molecule has 0 radical (unpaired) electrons. The van der Waals surface area contributed by atoms with Crippen LogP contribution in [0.3, 0.4) is 0 Å². The topological polar surface area (TPSA) is 125 Å². The van der Waals surface area contributed by atoms with Crippen LogP contribution >= 0.6 is 0 Å². The largest absolute Gasteiger partial charge is 0.418 e. The molecule has 2 bridgehead atoms. The van der Waals surface area contributed by atoms with Gasteiger partial charge in [0.2, 0.25) is 0 Å². The number of urea groups is 1. The second-order valence-corrected chi connectivity index (χ2v) is 9.04. The third kappa shape index (κ3) is 2.93. The van der Waals surface area contributed by atoms with Crippen LogP contribution in [0, 0.1) is 5.41 Å². The quantitative estimate of drug-likeness (QED) is 0.725. The number of rotatable bonds is 4. The fourth-order valence-electron chi connectivity index (χ4n) is 4.84. The minimum Gasteiger partial charge on any atom is -0.361 e. The van der Waals surface area contributed by atoms with Crippen LogP contribution in [-0.4, -0.2) is 59.8 Å². The van der Waals surface area contributed by atoms with Crippen LogP contribution < -0.4 is 5.32 Å². The number of piperidine rings is 2. The summed E-state index contributed by atoms with van der Waals surface area (Å²) < 4.78 is 41.6. The van der Waals surface area contributed by atoms with Crippen molar-refractivity contribution in [1.82, 2.24) is 20.4 Å². The van der Waals surface area contributed by atoms with Crippen LogP contribution in [0.2, 0.25) is 0 Å². The molecular formula is C16H22N4O6S. The van der Waals surface area contributed by atoms with Gasteiger partial charge in [-0.1, -0.05) is 5.16 Å². The Morgan fingerprint density at radius 3 is 2.74 bits per heavy atom. The molecule has 10 nitrogen and oxygen atoms in total. The van der Waals surface area contributed by atoms with Gasteiger partial charge in [0.15, 0.2) is 0 Å². The summed E-state index contributed by atoms with van der Waals surface area (Å²) in [7, 11) is -4.76. The molecule has 3 saturated heterocycles. The Kier molecular flexibility index (Phi) is 3.81. The summed E-state index contributed by atoms with van der Waals surface area (Å²) >= 11 is 0. The van der Waals surface area contributed by atoms with E-state index < -0.39 is 16.4 Å². The number of nitrogens with zero attached hydrogens (tertiary/aromatic N) is 3. The van der Waals surface area contributed by atoms with E-state index in [2.05, 4.69) is 14.8 Å². The first-order valence-electron chi connectivity index (χ1n) is 9.30. The average Bonchev–Trinajstić information content (AvgIpc) is 3.12. The maximum absolute atomic E-state index is 12.8. The van der Waals surface area contributed by atoms with Crippen molar-refractivity contribution in [3.8, 4) is 0 Å². The normalized spacial score (nSPS) is 30.3. The fourth-order valence-corrected chi connectivity index (χ4v) is 5.21. The highest BCUT2D eigenvalue weighted by Gasteiger charge is 2.64. The molecule has 1 spiro atoms. The lowest BCUT2D eigenvalue weighted by Crippen LogP contribution is -2.43. The summed E-state index contributed by atoms with van der Waals surface area (Å²) in [5, 5.41) is 8.39. The predicted molar refractivity (Wildman–Crippen MR) is 90.7 cm³/mol. The van der Waals surface area contributed by atoms with Crippen molar-refractivity contribution in [2.24, 2.45) is 5.41 Å². The molecule has 148 valence electrons. The van der Waals surface area contributed by atoms with Crippen LogP contribution in [0.25, 0.3) is 0 Å². The van der Waals surface area contributed by atoms with E-state index in [1.807, 2.05) is 6.07 Å². The first kappa shape index (κ1) is 17.4. The van der Waals surface area contributed by atoms with Gasteiger partial charge in [0.05, 0.1) is 12.1 Å². The summed E-state index contributed by atoms with van der Waals surface area (Å²) in [6.45, 7) is 2.25. The molecular weight excluding hydrogens is 376 g/mol. The number of carbonyl (C=O) groups excluding carboxylic acids is 1. The van der Waals surface area contributed by atoms with Gasteiger partial charge in [-0.05, 0) is 50.6 Å². The minimum absolute atomic E-state index is 0.189. The van der Waals surface area contributed by atoms with E-state index in [4.69, 9.17) is 9.08 Å². The van der Waals surface area contributed by atoms with Crippen LogP contribution in [0.1, 0.15) is 55.5 Å². The second kappa shape index (κ2) is 5.90. The van der Waals surface area contributed by atoms with Gasteiger partial charge in [0, 0.05) is 18.5 Å².